The number of hydrogen-bond donors (Lipinski definition) is 0. The maximum atomic E-state index is 5.84. The largest absolute Gasteiger partial charge is 0.496 e. The van der Waals surface area contributed by atoms with E-state index in [4.69, 9.17) is 16.3 Å². The van der Waals surface area contributed by atoms with E-state index >= 15 is 0 Å². The van der Waals surface area contributed by atoms with Gasteiger partial charge >= 0.3 is 0 Å². The standard InChI is InChI=1S/C14H17ClN2O/c1-3-17(10-8-15)14-12-5-4-6-13(18-2)11(12)7-9-16-14/h4-7,9H,3,8,10H2,1-2H3. The molecule has 1 heterocycles. The first kappa shape index (κ1) is 13.0. The molecule has 2 rings (SSSR count). The van der Waals surface area contributed by atoms with Crippen LogP contribution in [0.15, 0.2) is 30.5 Å². The molecular weight excluding hydrogens is 248 g/mol. The van der Waals surface area contributed by atoms with E-state index in [0.29, 0.717) is 5.88 Å². The summed E-state index contributed by atoms with van der Waals surface area (Å²) >= 11 is 5.84. The van der Waals surface area contributed by atoms with Crippen molar-refractivity contribution in [1.82, 2.24) is 4.98 Å². The van der Waals surface area contributed by atoms with Crippen LogP contribution in [0.3, 0.4) is 0 Å². The van der Waals surface area contributed by atoms with Gasteiger partial charge < -0.3 is 9.64 Å². The summed E-state index contributed by atoms with van der Waals surface area (Å²) < 4.78 is 5.38. The van der Waals surface area contributed by atoms with Crippen LogP contribution in [0.4, 0.5) is 5.82 Å². The molecule has 0 unspecified atom stereocenters. The van der Waals surface area contributed by atoms with E-state index < -0.39 is 0 Å². The average molecular weight is 265 g/mol. The Morgan fingerprint density at radius 3 is 2.78 bits per heavy atom. The summed E-state index contributed by atoms with van der Waals surface area (Å²) in [6.07, 6.45) is 1.82. The third kappa shape index (κ3) is 2.36. The SMILES string of the molecule is CCN(CCCl)c1nccc2c(OC)cccc12. The fraction of sp³-hybridized carbons (Fsp3) is 0.357. The lowest BCUT2D eigenvalue weighted by atomic mass is 10.1. The van der Waals surface area contributed by atoms with Crippen LogP contribution in [0.1, 0.15) is 6.92 Å². The zero-order chi connectivity index (χ0) is 13.0. The lowest BCUT2D eigenvalue weighted by Crippen LogP contribution is -2.26. The predicted molar refractivity (Wildman–Crippen MR) is 76.9 cm³/mol. The molecule has 0 N–H and O–H groups in total. The van der Waals surface area contributed by atoms with Gasteiger partial charge in [0.1, 0.15) is 11.6 Å². The number of nitrogens with zero attached hydrogens (tertiary/aromatic N) is 2. The number of hydrogen-bond acceptors (Lipinski definition) is 3. The van der Waals surface area contributed by atoms with Crippen LogP contribution in [0.25, 0.3) is 10.8 Å². The van der Waals surface area contributed by atoms with Crippen molar-refractivity contribution in [3.05, 3.63) is 30.5 Å². The Hall–Kier alpha value is -1.48. The molecule has 0 aliphatic heterocycles. The second-order valence-corrected chi connectivity index (χ2v) is 4.34. The van der Waals surface area contributed by atoms with Gasteiger partial charge in [-0.1, -0.05) is 12.1 Å². The van der Waals surface area contributed by atoms with Crippen molar-refractivity contribution in [3.8, 4) is 5.75 Å². The first-order valence-corrected chi connectivity index (χ1v) is 6.58. The molecule has 0 fully saturated rings. The molecule has 2 aromatic rings. The second-order valence-electron chi connectivity index (χ2n) is 3.96. The molecule has 96 valence electrons. The molecule has 0 radical (unpaired) electrons. The molecule has 0 spiro atoms. The molecule has 0 amide bonds. The van der Waals surface area contributed by atoms with E-state index in [1.54, 1.807) is 7.11 Å². The summed E-state index contributed by atoms with van der Waals surface area (Å²) in [6, 6.07) is 7.99. The highest BCUT2D eigenvalue weighted by Gasteiger charge is 2.11. The molecule has 1 aromatic carbocycles. The molecule has 4 heteroatoms. The maximum Gasteiger partial charge on any atom is 0.136 e. The molecular formula is C14H17ClN2O. The minimum Gasteiger partial charge on any atom is -0.496 e. The Labute approximate surface area is 112 Å². The molecule has 3 nitrogen and oxygen atoms in total. The number of rotatable bonds is 5. The van der Waals surface area contributed by atoms with Crippen LogP contribution in [0.5, 0.6) is 5.75 Å². The van der Waals surface area contributed by atoms with E-state index in [1.807, 2.05) is 24.4 Å². The van der Waals surface area contributed by atoms with E-state index in [-0.39, 0.29) is 0 Å². The quantitative estimate of drug-likeness (QED) is 0.775. The van der Waals surface area contributed by atoms with E-state index in [1.165, 1.54) is 0 Å². The van der Waals surface area contributed by atoms with Crippen LogP contribution in [-0.2, 0) is 0 Å². The number of ether oxygens (including phenoxy) is 1. The van der Waals surface area contributed by atoms with E-state index in [9.17, 15) is 0 Å². The van der Waals surface area contributed by atoms with Crippen molar-refractivity contribution in [2.24, 2.45) is 0 Å². The molecule has 1 aromatic heterocycles. The number of methoxy groups -OCH3 is 1. The van der Waals surface area contributed by atoms with Crippen molar-refractivity contribution in [3.63, 3.8) is 0 Å². The van der Waals surface area contributed by atoms with Crippen molar-refractivity contribution >= 4 is 28.2 Å². The van der Waals surface area contributed by atoms with Crippen molar-refractivity contribution < 1.29 is 4.74 Å². The average Bonchev–Trinajstić information content (AvgIpc) is 2.43. The fourth-order valence-corrected chi connectivity index (χ4v) is 2.31. The van der Waals surface area contributed by atoms with Crippen molar-refractivity contribution in [2.45, 2.75) is 6.92 Å². The highest BCUT2D eigenvalue weighted by Crippen LogP contribution is 2.30. The van der Waals surface area contributed by atoms with Gasteiger partial charge in [-0.25, -0.2) is 4.98 Å². The summed E-state index contributed by atoms with van der Waals surface area (Å²) in [6.45, 7) is 3.78. The summed E-state index contributed by atoms with van der Waals surface area (Å²) in [4.78, 5) is 6.66. The van der Waals surface area contributed by atoms with Gasteiger partial charge in [-0.2, -0.15) is 0 Å². The van der Waals surface area contributed by atoms with Gasteiger partial charge in [-0.3, -0.25) is 0 Å². The Balaban J connectivity index is 2.57. The van der Waals surface area contributed by atoms with Crippen LogP contribution in [0.2, 0.25) is 0 Å². The fourth-order valence-electron chi connectivity index (χ4n) is 2.11. The van der Waals surface area contributed by atoms with Gasteiger partial charge in [0.2, 0.25) is 0 Å². The van der Waals surface area contributed by atoms with Crippen molar-refractivity contribution in [1.29, 1.82) is 0 Å². The van der Waals surface area contributed by atoms with E-state index in [0.717, 1.165) is 35.4 Å². The molecule has 0 aliphatic rings. The summed E-state index contributed by atoms with van der Waals surface area (Å²) in [7, 11) is 1.69. The lowest BCUT2D eigenvalue weighted by molar-refractivity contribution is 0.420. The summed E-state index contributed by atoms with van der Waals surface area (Å²) in [5.74, 6) is 2.43. The van der Waals surface area contributed by atoms with Crippen molar-refractivity contribution in [2.75, 3.05) is 31.0 Å². The Morgan fingerprint density at radius 1 is 1.28 bits per heavy atom. The predicted octanol–water partition coefficient (Wildman–Crippen LogP) is 3.31. The van der Waals surface area contributed by atoms with Gasteiger partial charge in [-0.15, -0.1) is 11.6 Å². The van der Waals surface area contributed by atoms with Crippen LogP contribution in [0, 0.1) is 0 Å². The number of halogens is 1. The topological polar surface area (TPSA) is 25.4 Å². The number of benzene rings is 1. The summed E-state index contributed by atoms with van der Waals surface area (Å²) in [5.41, 5.74) is 0. The number of anilines is 1. The third-order valence-electron chi connectivity index (χ3n) is 3.00. The van der Waals surface area contributed by atoms with Gasteiger partial charge in [0, 0.05) is 35.9 Å². The zero-order valence-corrected chi connectivity index (χ0v) is 11.4. The third-order valence-corrected chi connectivity index (χ3v) is 3.17. The first-order valence-electron chi connectivity index (χ1n) is 6.04. The highest BCUT2D eigenvalue weighted by molar-refractivity contribution is 6.18. The van der Waals surface area contributed by atoms with Crippen LogP contribution < -0.4 is 9.64 Å². The van der Waals surface area contributed by atoms with Gasteiger partial charge in [0.25, 0.3) is 0 Å². The smallest absolute Gasteiger partial charge is 0.136 e. The lowest BCUT2D eigenvalue weighted by Gasteiger charge is -2.22. The molecule has 0 saturated heterocycles. The van der Waals surface area contributed by atoms with Crippen LogP contribution >= 0.6 is 11.6 Å². The van der Waals surface area contributed by atoms with Gasteiger partial charge in [0.15, 0.2) is 0 Å². The minimum absolute atomic E-state index is 0.593. The molecule has 0 bridgehead atoms. The maximum absolute atomic E-state index is 5.84. The molecule has 0 atom stereocenters. The molecule has 0 aliphatic carbocycles. The number of pyridine rings is 1. The monoisotopic (exact) mass is 264 g/mol. The number of alkyl halides is 1. The van der Waals surface area contributed by atoms with Gasteiger partial charge in [-0.05, 0) is 19.1 Å². The summed E-state index contributed by atoms with van der Waals surface area (Å²) in [5, 5.41) is 2.18. The van der Waals surface area contributed by atoms with Gasteiger partial charge in [0.05, 0.1) is 7.11 Å². The Bertz CT molecular complexity index is 530. The Kier molecular flexibility index (Phi) is 4.26. The van der Waals surface area contributed by atoms with E-state index in [2.05, 4.69) is 22.9 Å². The minimum atomic E-state index is 0.593. The number of aromatic nitrogens is 1. The Morgan fingerprint density at radius 2 is 2.11 bits per heavy atom. The molecule has 0 saturated carbocycles. The normalized spacial score (nSPS) is 10.6. The zero-order valence-electron chi connectivity index (χ0n) is 10.7. The number of fused-ring (bicyclic) bond motifs is 1. The highest BCUT2D eigenvalue weighted by atomic mass is 35.5. The molecule has 18 heavy (non-hydrogen) atoms. The first-order chi connectivity index (χ1) is 8.81. The van der Waals surface area contributed by atoms with Crippen LogP contribution in [-0.4, -0.2) is 31.1 Å². The second kappa shape index (κ2) is 5.91.